The third-order valence-electron chi connectivity index (χ3n) is 0.886. The number of hydrogen-bond donors (Lipinski definition) is 0. The Balaban J connectivity index is 3.83. The lowest BCUT2D eigenvalue weighted by Crippen LogP contribution is -2.24. The van der Waals surface area contributed by atoms with E-state index in [0.717, 1.165) is 6.92 Å². The van der Waals surface area contributed by atoms with Crippen LogP contribution < -0.4 is 0 Å². The molecule has 58 valence electrons. The number of nitrogens with zero attached hydrogens (tertiary/aromatic N) is 1. The molecule has 0 saturated carbocycles. The van der Waals surface area contributed by atoms with Crippen molar-refractivity contribution in [2.75, 3.05) is 0 Å². The SMILES string of the molecule is CCC(OC(C)=O)[N+](=O)[O-]. The lowest BCUT2D eigenvalue weighted by Gasteiger charge is -2.04. The van der Waals surface area contributed by atoms with Crippen molar-refractivity contribution in [3.05, 3.63) is 10.1 Å². The van der Waals surface area contributed by atoms with Crippen molar-refractivity contribution >= 4 is 5.97 Å². The van der Waals surface area contributed by atoms with Crippen molar-refractivity contribution in [3.63, 3.8) is 0 Å². The zero-order valence-corrected chi connectivity index (χ0v) is 5.86. The molecule has 0 amide bonds. The summed E-state index contributed by atoms with van der Waals surface area (Å²) in [5.74, 6) is -0.622. The fourth-order valence-electron chi connectivity index (χ4n) is 0.467. The number of nitro groups is 1. The Morgan fingerprint density at radius 3 is 2.40 bits per heavy atom. The van der Waals surface area contributed by atoms with E-state index in [-0.39, 0.29) is 6.42 Å². The molecule has 0 rings (SSSR count). The maximum atomic E-state index is 10.2. The number of hydrogen-bond acceptors (Lipinski definition) is 4. The van der Waals surface area contributed by atoms with Gasteiger partial charge in [0.25, 0.3) is 0 Å². The van der Waals surface area contributed by atoms with Crippen molar-refractivity contribution in [3.8, 4) is 0 Å². The standard InChI is InChI=1S/C5H9NO4/c1-3-5(6(8)9)10-4(2)7/h5H,3H2,1-2H3. The molecule has 0 aromatic heterocycles. The Bertz CT molecular complexity index is 145. The van der Waals surface area contributed by atoms with Crippen molar-refractivity contribution in [2.45, 2.75) is 26.5 Å². The Morgan fingerprint density at radius 2 is 2.30 bits per heavy atom. The zero-order chi connectivity index (χ0) is 8.15. The van der Waals surface area contributed by atoms with Crippen molar-refractivity contribution in [1.82, 2.24) is 0 Å². The second-order valence-electron chi connectivity index (χ2n) is 1.76. The van der Waals surface area contributed by atoms with Gasteiger partial charge in [0.15, 0.2) is 0 Å². The molecule has 1 unspecified atom stereocenters. The normalized spacial score (nSPS) is 12.2. The van der Waals surface area contributed by atoms with Gasteiger partial charge in [-0.05, 0) is 0 Å². The van der Waals surface area contributed by atoms with Gasteiger partial charge in [-0.1, -0.05) is 6.92 Å². The van der Waals surface area contributed by atoms with Crippen LogP contribution in [0.3, 0.4) is 0 Å². The van der Waals surface area contributed by atoms with Gasteiger partial charge in [-0.25, -0.2) is 0 Å². The molecule has 0 aliphatic carbocycles. The monoisotopic (exact) mass is 147 g/mol. The fraction of sp³-hybridized carbons (Fsp3) is 0.800. The van der Waals surface area contributed by atoms with Crippen LogP contribution in [0.5, 0.6) is 0 Å². The minimum absolute atomic E-state index is 0.201. The van der Waals surface area contributed by atoms with E-state index < -0.39 is 17.1 Å². The van der Waals surface area contributed by atoms with Crippen LogP contribution in [-0.4, -0.2) is 17.1 Å². The van der Waals surface area contributed by atoms with Crippen molar-refractivity contribution < 1.29 is 14.5 Å². The topological polar surface area (TPSA) is 69.4 Å². The highest BCUT2D eigenvalue weighted by atomic mass is 16.7. The van der Waals surface area contributed by atoms with E-state index >= 15 is 0 Å². The van der Waals surface area contributed by atoms with E-state index in [4.69, 9.17) is 0 Å². The fourth-order valence-corrected chi connectivity index (χ4v) is 0.467. The van der Waals surface area contributed by atoms with Gasteiger partial charge in [0.05, 0.1) is 11.3 Å². The van der Waals surface area contributed by atoms with Crippen LogP contribution in [0.25, 0.3) is 0 Å². The molecule has 0 aliphatic heterocycles. The lowest BCUT2D eigenvalue weighted by atomic mass is 10.4. The van der Waals surface area contributed by atoms with E-state index in [1.165, 1.54) is 0 Å². The number of ether oxygens (including phenoxy) is 1. The molecule has 0 saturated heterocycles. The predicted molar refractivity (Wildman–Crippen MR) is 32.8 cm³/mol. The minimum atomic E-state index is -1.18. The number of esters is 1. The molecule has 1 atom stereocenters. The molecule has 5 nitrogen and oxygen atoms in total. The zero-order valence-electron chi connectivity index (χ0n) is 5.86. The van der Waals surface area contributed by atoms with Crippen LogP contribution >= 0.6 is 0 Å². The molecule has 0 heterocycles. The number of rotatable bonds is 3. The van der Waals surface area contributed by atoms with E-state index in [0.29, 0.717) is 0 Å². The Labute approximate surface area is 58.1 Å². The highest BCUT2D eigenvalue weighted by Crippen LogP contribution is 1.97. The van der Waals surface area contributed by atoms with Crippen LogP contribution in [-0.2, 0) is 9.53 Å². The summed E-state index contributed by atoms with van der Waals surface area (Å²) in [7, 11) is 0. The summed E-state index contributed by atoms with van der Waals surface area (Å²) in [6, 6.07) is 0. The van der Waals surface area contributed by atoms with E-state index in [9.17, 15) is 14.9 Å². The van der Waals surface area contributed by atoms with E-state index in [1.54, 1.807) is 6.92 Å². The van der Waals surface area contributed by atoms with Gasteiger partial charge in [0.1, 0.15) is 0 Å². The Morgan fingerprint density at radius 1 is 1.80 bits per heavy atom. The molecular weight excluding hydrogens is 138 g/mol. The summed E-state index contributed by atoms with van der Waals surface area (Å²) in [5, 5.41) is 9.99. The summed E-state index contributed by atoms with van der Waals surface area (Å²) in [4.78, 5) is 19.6. The quantitative estimate of drug-likeness (QED) is 0.253. The van der Waals surface area contributed by atoms with Gasteiger partial charge in [-0.3, -0.25) is 14.9 Å². The largest absolute Gasteiger partial charge is 0.398 e. The molecular formula is C5H9NO4. The summed E-state index contributed by atoms with van der Waals surface area (Å²) in [6.45, 7) is 2.72. The van der Waals surface area contributed by atoms with E-state index in [1.807, 2.05) is 0 Å². The van der Waals surface area contributed by atoms with Crippen LogP contribution in [0.4, 0.5) is 0 Å². The minimum Gasteiger partial charge on any atom is -0.398 e. The van der Waals surface area contributed by atoms with Gasteiger partial charge in [-0.15, -0.1) is 0 Å². The summed E-state index contributed by atoms with van der Waals surface area (Å²) < 4.78 is 4.32. The Kier molecular flexibility index (Phi) is 3.38. The van der Waals surface area contributed by atoms with Crippen LogP contribution in [0.1, 0.15) is 20.3 Å². The first-order valence-corrected chi connectivity index (χ1v) is 2.88. The molecule has 0 aromatic carbocycles. The van der Waals surface area contributed by atoms with Gasteiger partial charge in [0, 0.05) is 6.92 Å². The average Bonchev–Trinajstić information content (AvgIpc) is 1.81. The first-order chi connectivity index (χ1) is 4.57. The van der Waals surface area contributed by atoms with Gasteiger partial charge >= 0.3 is 12.2 Å². The molecule has 5 heteroatoms. The molecule has 0 radical (unpaired) electrons. The molecule has 10 heavy (non-hydrogen) atoms. The average molecular weight is 147 g/mol. The summed E-state index contributed by atoms with van der Waals surface area (Å²) in [6.07, 6.45) is -0.982. The second kappa shape index (κ2) is 3.81. The summed E-state index contributed by atoms with van der Waals surface area (Å²) >= 11 is 0. The third-order valence-corrected chi connectivity index (χ3v) is 0.886. The Hall–Kier alpha value is -1.13. The van der Waals surface area contributed by atoms with Crippen molar-refractivity contribution in [2.24, 2.45) is 0 Å². The van der Waals surface area contributed by atoms with Crippen LogP contribution in [0, 0.1) is 10.1 Å². The first kappa shape index (κ1) is 8.87. The molecule has 0 spiro atoms. The summed E-state index contributed by atoms with van der Waals surface area (Å²) in [5.41, 5.74) is 0. The second-order valence-corrected chi connectivity index (χ2v) is 1.76. The van der Waals surface area contributed by atoms with Gasteiger partial charge < -0.3 is 4.74 Å². The van der Waals surface area contributed by atoms with Gasteiger partial charge in [-0.2, -0.15) is 0 Å². The molecule has 0 aromatic rings. The van der Waals surface area contributed by atoms with Crippen LogP contribution in [0.2, 0.25) is 0 Å². The van der Waals surface area contributed by atoms with Crippen LogP contribution in [0.15, 0.2) is 0 Å². The smallest absolute Gasteiger partial charge is 0.355 e. The lowest BCUT2D eigenvalue weighted by molar-refractivity contribution is -0.568. The maximum Gasteiger partial charge on any atom is 0.355 e. The highest BCUT2D eigenvalue weighted by Gasteiger charge is 2.19. The van der Waals surface area contributed by atoms with E-state index in [2.05, 4.69) is 4.74 Å². The molecule has 0 N–H and O–H groups in total. The van der Waals surface area contributed by atoms with Crippen molar-refractivity contribution in [1.29, 1.82) is 0 Å². The first-order valence-electron chi connectivity index (χ1n) is 2.88. The number of carbonyl (C=O) groups excluding carboxylic acids is 1. The maximum absolute atomic E-state index is 10.2. The molecule has 0 fully saturated rings. The molecule has 0 aliphatic rings. The van der Waals surface area contributed by atoms with Gasteiger partial charge in [0.2, 0.25) is 0 Å². The molecule has 0 bridgehead atoms. The number of carbonyl (C=O) groups is 1. The highest BCUT2D eigenvalue weighted by molar-refractivity contribution is 5.65. The predicted octanol–water partition coefficient (Wildman–Crippen LogP) is 0.562. The third kappa shape index (κ3) is 3.01.